The van der Waals surface area contributed by atoms with E-state index >= 15 is 0 Å². The van der Waals surface area contributed by atoms with Crippen molar-refractivity contribution < 1.29 is 23.0 Å². The van der Waals surface area contributed by atoms with Gasteiger partial charge in [-0.3, -0.25) is 20.2 Å². The van der Waals surface area contributed by atoms with Crippen LogP contribution in [-0.4, -0.2) is 16.0 Å². The van der Waals surface area contributed by atoms with Gasteiger partial charge in [-0.15, -0.1) is 0 Å². The Bertz CT molecular complexity index is 699. The van der Waals surface area contributed by atoms with Crippen LogP contribution >= 0.6 is 0 Å². The summed E-state index contributed by atoms with van der Waals surface area (Å²) in [4.78, 5) is 21.6. The molecule has 0 aliphatic heterocycles. The van der Waals surface area contributed by atoms with E-state index in [1.54, 1.807) is 6.92 Å². The van der Waals surface area contributed by atoms with Crippen molar-refractivity contribution in [3.8, 4) is 0 Å². The van der Waals surface area contributed by atoms with E-state index < -0.39 is 33.7 Å². The van der Waals surface area contributed by atoms with Crippen molar-refractivity contribution in [2.45, 2.75) is 6.92 Å². The number of carbonyl (C=O) groups excluding carboxylic acids is 1. The van der Waals surface area contributed by atoms with Crippen LogP contribution in [0.3, 0.4) is 0 Å². The summed E-state index contributed by atoms with van der Waals surface area (Å²) in [5, 5.41) is 16.4. The second kappa shape index (κ2) is 5.03. The molecule has 1 aromatic heterocycles. The van der Waals surface area contributed by atoms with Gasteiger partial charge in [0, 0.05) is 6.07 Å². The summed E-state index contributed by atoms with van der Waals surface area (Å²) in [6.45, 7) is 1.60. The zero-order valence-corrected chi connectivity index (χ0v) is 10.0. The molecule has 0 fully saturated rings. The van der Waals surface area contributed by atoms with Gasteiger partial charge in [-0.05, 0) is 13.0 Å². The lowest BCUT2D eigenvalue weighted by molar-refractivity contribution is -0.385. The fourth-order valence-corrected chi connectivity index (χ4v) is 1.47. The van der Waals surface area contributed by atoms with Crippen molar-refractivity contribution in [3.63, 3.8) is 0 Å². The zero-order chi connectivity index (χ0) is 14.9. The summed E-state index contributed by atoms with van der Waals surface area (Å²) in [6, 6.07) is 2.16. The van der Waals surface area contributed by atoms with Gasteiger partial charge in [0.15, 0.2) is 11.6 Å². The number of nitro groups is 1. The van der Waals surface area contributed by atoms with Crippen LogP contribution in [0.4, 0.5) is 20.4 Å². The number of rotatable bonds is 3. The molecule has 0 bridgehead atoms. The zero-order valence-electron chi connectivity index (χ0n) is 10.0. The number of nitrogens with one attached hydrogen (secondary N) is 1. The minimum Gasteiger partial charge on any atom is -0.338 e. The van der Waals surface area contributed by atoms with Crippen molar-refractivity contribution in [2.75, 3.05) is 5.32 Å². The number of carbonyl (C=O) groups is 1. The van der Waals surface area contributed by atoms with Crippen LogP contribution < -0.4 is 5.32 Å². The summed E-state index contributed by atoms with van der Waals surface area (Å²) in [6.07, 6.45) is 0. The van der Waals surface area contributed by atoms with Crippen molar-refractivity contribution >= 4 is 17.5 Å². The predicted molar refractivity (Wildman–Crippen MR) is 62.2 cm³/mol. The smallest absolute Gasteiger partial charge is 0.285 e. The molecule has 20 heavy (non-hydrogen) atoms. The lowest BCUT2D eigenvalue weighted by atomic mass is 10.1. The highest BCUT2D eigenvalue weighted by Crippen LogP contribution is 2.23. The molecule has 1 aromatic carbocycles. The van der Waals surface area contributed by atoms with Crippen LogP contribution in [0.5, 0.6) is 0 Å². The van der Waals surface area contributed by atoms with Crippen LogP contribution in [0.25, 0.3) is 0 Å². The molecule has 0 saturated heterocycles. The first-order valence-corrected chi connectivity index (χ1v) is 5.26. The topological polar surface area (TPSA) is 98.3 Å². The summed E-state index contributed by atoms with van der Waals surface area (Å²) in [5.41, 5.74) is -0.999. The average Bonchev–Trinajstić information content (AvgIpc) is 2.77. The molecule has 1 amide bonds. The fraction of sp³-hybridized carbons (Fsp3) is 0.0909. The third-order valence-corrected chi connectivity index (χ3v) is 2.34. The largest absolute Gasteiger partial charge is 0.338 e. The van der Waals surface area contributed by atoms with E-state index in [9.17, 15) is 23.7 Å². The molecular formula is C11H7F2N3O4. The van der Waals surface area contributed by atoms with E-state index in [0.717, 1.165) is 0 Å². The highest BCUT2D eigenvalue weighted by molar-refractivity contribution is 6.06. The fourth-order valence-electron chi connectivity index (χ4n) is 1.47. The van der Waals surface area contributed by atoms with E-state index in [-0.39, 0.29) is 5.88 Å². The number of benzene rings is 1. The molecule has 0 saturated carbocycles. The maximum atomic E-state index is 13.1. The molecule has 9 heteroatoms. The molecule has 2 aromatic rings. The quantitative estimate of drug-likeness (QED) is 0.689. The molecule has 104 valence electrons. The minimum atomic E-state index is -1.41. The van der Waals surface area contributed by atoms with E-state index in [1.807, 2.05) is 0 Å². The van der Waals surface area contributed by atoms with Crippen LogP contribution in [-0.2, 0) is 0 Å². The van der Waals surface area contributed by atoms with Gasteiger partial charge < -0.3 is 4.52 Å². The summed E-state index contributed by atoms with van der Waals surface area (Å²) >= 11 is 0. The third kappa shape index (κ3) is 2.60. The Hall–Kier alpha value is -2.84. The first-order valence-electron chi connectivity index (χ1n) is 5.26. The highest BCUT2D eigenvalue weighted by atomic mass is 19.2. The Kier molecular flexibility index (Phi) is 3.42. The van der Waals surface area contributed by atoms with E-state index in [2.05, 4.69) is 10.5 Å². The Labute approximate surface area is 110 Å². The molecule has 7 nitrogen and oxygen atoms in total. The van der Waals surface area contributed by atoms with Crippen molar-refractivity contribution in [3.05, 3.63) is 51.2 Å². The van der Waals surface area contributed by atoms with Crippen LogP contribution in [0.2, 0.25) is 0 Å². The van der Waals surface area contributed by atoms with Gasteiger partial charge in [0.25, 0.3) is 11.6 Å². The Morgan fingerprint density at radius 2 is 2.00 bits per heavy atom. The molecule has 0 atom stereocenters. The van der Waals surface area contributed by atoms with Crippen molar-refractivity contribution in [1.82, 2.24) is 5.16 Å². The first-order chi connectivity index (χ1) is 9.38. The summed E-state index contributed by atoms with van der Waals surface area (Å²) in [7, 11) is 0. The van der Waals surface area contributed by atoms with Crippen LogP contribution in [0, 0.1) is 28.7 Å². The Morgan fingerprint density at radius 1 is 1.35 bits per heavy atom. The number of hydrogen-bond donors (Lipinski definition) is 1. The molecular weight excluding hydrogens is 276 g/mol. The number of anilines is 1. The highest BCUT2D eigenvalue weighted by Gasteiger charge is 2.24. The monoisotopic (exact) mass is 283 g/mol. The second-order valence-electron chi connectivity index (χ2n) is 3.83. The third-order valence-electron chi connectivity index (χ3n) is 2.34. The Morgan fingerprint density at radius 3 is 2.55 bits per heavy atom. The number of amides is 1. The average molecular weight is 283 g/mol. The van der Waals surface area contributed by atoms with Gasteiger partial charge >= 0.3 is 0 Å². The lowest BCUT2D eigenvalue weighted by Gasteiger charge is -2.03. The number of halogens is 2. The standard InChI is InChI=1S/C11H7F2N3O4/c1-5-2-10(20-15-5)14-11(17)6-3-7(12)8(13)4-9(6)16(18)19/h2-4H,1H3,(H,14,17). The summed E-state index contributed by atoms with van der Waals surface area (Å²) in [5.74, 6) is -3.85. The molecule has 0 aliphatic carbocycles. The molecule has 2 rings (SSSR count). The number of nitrogens with zero attached hydrogens (tertiary/aromatic N) is 2. The molecule has 0 aliphatic rings. The number of aromatic nitrogens is 1. The maximum Gasteiger partial charge on any atom is 0.285 e. The van der Waals surface area contributed by atoms with Crippen LogP contribution in [0.1, 0.15) is 16.1 Å². The maximum absolute atomic E-state index is 13.1. The number of aryl methyl sites for hydroxylation is 1. The van der Waals surface area contributed by atoms with E-state index in [0.29, 0.717) is 17.8 Å². The van der Waals surface area contributed by atoms with Crippen molar-refractivity contribution in [2.24, 2.45) is 0 Å². The normalized spacial score (nSPS) is 10.3. The SMILES string of the molecule is Cc1cc(NC(=O)c2cc(F)c(F)cc2[N+](=O)[O-])on1. The van der Waals surface area contributed by atoms with Gasteiger partial charge in [-0.1, -0.05) is 5.16 Å². The van der Waals surface area contributed by atoms with Gasteiger partial charge in [-0.2, -0.15) is 0 Å². The van der Waals surface area contributed by atoms with E-state index in [4.69, 9.17) is 4.52 Å². The molecule has 0 unspecified atom stereocenters. The molecule has 0 radical (unpaired) electrons. The summed E-state index contributed by atoms with van der Waals surface area (Å²) < 4.78 is 30.8. The Balaban J connectivity index is 2.38. The van der Waals surface area contributed by atoms with E-state index in [1.165, 1.54) is 6.07 Å². The number of nitro benzene ring substituents is 1. The second-order valence-corrected chi connectivity index (χ2v) is 3.83. The molecule has 1 N–H and O–H groups in total. The predicted octanol–water partition coefficient (Wildman–Crippen LogP) is 2.42. The number of hydrogen-bond acceptors (Lipinski definition) is 5. The molecule has 1 heterocycles. The van der Waals surface area contributed by atoms with Crippen molar-refractivity contribution in [1.29, 1.82) is 0 Å². The van der Waals surface area contributed by atoms with Gasteiger partial charge in [-0.25, -0.2) is 8.78 Å². The lowest BCUT2D eigenvalue weighted by Crippen LogP contribution is -2.14. The van der Waals surface area contributed by atoms with Crippen LogP contribution in [0.15, 0.2) is 22.7 Å². The van der Waals surface area contributed by atoms with Gasteiger partial charge in [0.1, 0.15) is 5.56 Å². The van der Waals surface area contributed by atoms with Gasteiger partial charge in [0.2, 0.25) is 5.88 Å². The van der Waals surface area contributed by atoms with Gasteiger partial charge in [0.05, 0.1) is 16.7 Å². The first kappa shape index (κ1) is 13.6. The minimum absolute atomic E-state index is 0.0634. The molecule has 0 spiro atoms.